The van der Waals surface area contributed by atoms with E-state index in [0.717, 1.165) is 17.1 Å². The van der Waals surface area contributed by atoms with Crippen LogP contribution in [0.1, 0.15) is 23.9 Å². The molecule has 0 saturated heterocycles. The Morgan fingerprint density at radius 1 is 1.21 bits per heavy atom. The van der Waals surface area contributed by atoms with Crippen molar-refractivity contribution >= 4 is 17.3 Å². The molecule has 0 bridgehead atoms. The number of carbonyl (C=O) groups excluding carboxylic acids is 1. The average molecular weight is 380 g/mol. The fraction of sp³-hybridized carbons (Fsp3) is 0.190. The smallest absolute Gasteiger partial charge is 0.265 e. The largest absolute Gasteiger partial charge is 0.385 e. The second-order valence-electron chi connectivity index (χ2n) is 6.39. The number of nitrogens with zero attached hydrogens (tertiary/aromatic N) is 2. The molecule has 2 aromatic carbocycles. The maximum absolute atomic E-state index is 13.5. The van der Waals surface area contributed by atoms with E-state index >= 15 is 0 Å². The van der Waals surface area contributed by atoms with E-state index in [9.17, 15) is 9.18 Å². The third kappa shape index (κ3) is 4.62. The molecule has 0 spiro atoms. The molecule has 6 nitrogen and oxygen atoms in total. The molecule has 1 aromatic heterocycles. The van der Waals surface area contributed by atoms with E-state index in [4.69, 9.17) is 4.84 Å². The van der Waals surface area contributed by atoms with Crippen molar-refractivity contribution in [2.45, 2.75) is 20.8 Å². The van der Waals surface area contributed by atoms with Crippen molar-refractivity contribution in [3.8, 4) is 11.4 Å². The van der Waals surface area contributed by atoms with Crippen LogP contribution in [0, 0.1) is 19.7 Å². The van der Waals surface area contributed by atoms with Crippen LogP contribution in [0.4, 0.5) is 10.1 Å². The van der Waals surface area contributed by atoms with E-state index in [1.54, 1.807) is 26.0 Å². The van der Waals surface area contributed by atoms with Gasteiger partial charge in [-0.05, 0) is 38.5 Å². The number of aromatic amines is 1. The Bertz CT molecular complexity index is 1010. The monoisotopic (exact) mass is 380 g/mol. The molecule has 2 N–H and O–H groups in total. The number of hydrogen-bond acceptors (Lipinski definition) is 4. The van der Waals surface area contributed by atoms with Crippen molar-refractivity contribution in [1.82, 2.24) is 9.97 Å². The molecular weight excluding hydrogens is 359 g/mol. The summed E-state index contributed by atoms with van der Waals surface area (Å²) in [5, 5.41) is 6.54. The molecule has 28 heavy (non-hydrogen) atoms. The lowest BCUT2D eigenvalue weighted by atomic mass is 10.2. The zero-order valence-corrected chi connectivity index (χ0v) is 15.9. The number of anilines is 1. The number of amides is 1. The van der Waals surface area contributed by atoms with Gasteiger partial charge in [0.2, 0.25) is 0 Å². The third-order valence-electron chi connectivity index (χ3n) is 4.13. The van der Waals surface area contributed by atoms with E-state index in [0.29, 0.717) is 22.7 Å². The van der Waals surface area contributed by atoms with Gasteiger partial charge in [-0.3, -0.25) is 4.79 Å². The van der Waals surface area contributed by atoms with E-state index in [2.05, 4.69) is 20.4 Å². The minimum atomic E-state index is -0.427. The molecular formula is C21H21FN4O2. The Labute approximate surface area is 162 Å². The van der Waals surface area contributed by atoms with Crippen molar-refractivity contribution in [1.29, 1.82) is 0 Å². The normalized spacial score (nSPS) is 11.4. The van der Waals surface area contributed by atoms with Crippen molar-refractivity contribution < 1.29 is 14.0 Å². The zero-order chi connectivity index (χ0) is 20.1. The minimum absolute atomic E-state index is 0.290. The predicted octanol–water partition coefficient (Wildman–Crippen LogP) is 4.21. The van der Waals surface area contributed by atoms with E-state index in [1.807, 2.05) is 37.3 Å². The van der Waals surface area contributed by atoms with Gasteiger partial charge in [0, 0.05) is 16.9 Å². The summed E-state index contributed by atoms with van der Waals surface area (Å²) in [5.41, 5.74) is 3.91. The van der Waals surface area contributed by atoms with Crippen LogP contribution >= 0.6 is 0 Å². The van der Waals surface area contributed by atoms with Crippen LogP contribution in [-0.4, -0.2) is 28.2 Å². The summed E-state index contributed by atoms with van der Waals surface area (Å²) in [6.45, 7) is 5.02. The van der Waals surface area contributed by atoms with Crippen LogP contribution in [0.2, 0.25) is 0 Å². The Balaban J connectivity index is 1.60. The molecule has 3 aromatic rings. The van der Waals surface area contributed by atoms with Gasteiger partial charge in [-0.1, -0.05) is 41.6 Å². The fourth-order valence-corrected chi connectivity index (χ4v) is 2.64. The Morgan fingerprint density at radius 2 is 1.96 bits per heavy atom. The van der Waals surface area contributed by atoms with Gasteiger partial charge < -0.3 is 15.1 Å². The molecule has 0 aliphatic heterocycles. The van der Waals surface area contributed by atoms with Gasteiger partial charge in [0.05, 0.1) is 0 Å². The average Bonchev–Trinajstić information content (AvgIpc) is 3.07. The Kier molecular flexibility index (Phi) is 5.84. The van der Waals surface area contributed by atoms with Crippen molar-refractivity contribution in [3.63, 3.8) is 0 Å². The summed E-state index contributed by atoms with van der Waals surface area (Å²) in [4.78, 5) is 24.8. The lowest BCUT2D eigenvalue weighted by Gasteiger charge is -2.06. The van der Waals surface area contributed by atoms with E-state index in [-0.39, 0.29) is 12.4 Å². The van der Waals surface area contributed by atoms with Gasteiger partial charge in [0.25, 0.3) is 5.91 Å². The number of H-pyrrole nitrogens is 1. The lowest BCUT2D eigenvalue weighted by molar-refractivity contribution is -0.120. The summed E-state index contributed by atoms with van der Waals surface area (Å²) in [6, 6.07) is 14.2. The van der Waals surface area contributed by atoms with Crippen LogP contribution in [-0.2, 0) is 9.63 Å². The maximum atomic E-state index is 13.5. The number of aromatic nitrogens is 2. The van der Waals surface area contributed by atoms with E-state index < -0.39 is 5.91 Å². The lowest BCUT2D eigenvalue weighted by Crippen LogP contribution is -2.17. The topological polar surface area (TPSA) is 79.4 Å². The Hall–Kier alpha value is -3.48. The highest BCUT2D eigenvalue weighted by atomic mass is 19.1. The first-order chi connectivity index (χ1) is 13.4. The first-order valence-corrected chi connectivity index (χ1v) is 8.79. The highest BCUT2D eigenvalue weighted by molar-refractivity contribution is 5.98. The number of imidazole rings is 1. The van der Waals surface area contributed by atoms with Crippen LogP contribution in [0.25, 0.3) is 11.4 Å². The zero-order valence-electron chi connectivity index (χ0n) is 15.9. The minimum Gasteiger partial charge on any atom is -0.385 e. The van der Waals surface area contributed by atoms with Gasteiger partial charge in [-0.2, -0.15) is 0 Å². The number of nitrogens with one attached hydrogen (secondary N) is 2. The molecule has 0 aliphatic carbocycles. The van der Waals surface area contributed by atoms with Crippen LogP contribution < -0.4 is 5.32 Å². The molecule has 0 fully saturated rings. The van der Waals surface area contributed by atoms with Crippen LogP contribution in [0.15, 0.2) is 53.7 Å². The summed E-state index contributed by atoms with van der Waals surface area (Å²) < 4.78 is 13.5. The number of oxime groups is 1. The second-order valence-corrected chi connectivity index (χ2v) is 6.39. The first kappa shape index (κ1) is 19.3. The van der Waals surface area contributed by atoms with Gasteiger partial charge >= 0.3 is 0 Å². The van der Waals surface area contributed by atoms with Gasteiger partial charge in [0.1, 0.15) is 23.0 Å². The molecule has 1 amide bonds. The van der Waals surface area contributed by atoms with Crippen molar-refractivity contribution in [2.75, 3.05) is 11.9 Å². The molecule has 0 unspecified atom stereocenters. The quantitative estimate of drug-likeness (QED) is 0.497. The number of rotatable bonds is 6. The highest BCUT2D eigenvalue weighted by Crippen LogP contribution is 2.18. The summed E-state index contributed by atoms with van der Waals surface area (Å²) in [7, 11) is 0. The number of aryl methyl sites for hydroxylation is 2. The molecule has 0 aliphatic rings. The SMILES string of the molecule is CC(=NOCC(=O)Nc1ccc(C)c(F)c1)c1nc(-c2ccccc2)[nH]c1C. The number of carbonyl (C=O) groups is 1. The highest BCUT2D eigenvalue weighted by Gasteiger charge is 2.12. The maximum Gasteiger partial charge on any atom is 0.265 e. The summed E-state index contributed by atoms with van der Waals surface area (Å²) >= 11 is 0. The standard InChI is InChI=1S/C21H21FN4O2/c1-13-9-10-17(11-18(13)22)24-19(27)12-28-26-15(3)20-14(2)23-21(25-20)16-7-5-4-6-8-16/h4-11H,12H2,1-3H3,(H,23,25)(H,24,27). The van der Waals surface area contributed by atoms with Gasteiger partial charge in [0.15, 0.2) is 6.61 Å². The van der Waals surface area contributed by atoms with Gasteiger partial charge in [-0.15, -0.1) is 0 Å². The Morgan fingerprint density at radius 3 is 2.68 bits per heavy atom. The fourth-order valence-electron chi connectivity index (χ4n) is 2.64. The van der Waals surface area contributed by atoms with Crippen molar-refractivity contribution in [2.24, 2.45) is 5.16 Å². The molecule has 0 radical (unpaired) electrons. The summed E-state index contributed by atoms with van der Waals surface area (Å²) in [5.74, 6) is -0.0684. The number of hydrogen-bond donors (Lipinski definition) is 2. The molecule has 0 atom stereocenters. The van der Waals surface area contributed by atoms with Gasteiger partial charge in [-0.25, -0.2) is 9.37 Å². The summed E-state index contributed by atoms with van der Waals surface area (Å²) in [6.07, 6.45) is 0. The first-order valence-electron chi connectivity index (χ1n) is 8.79. The third-order valence-corrected chi connectivity index (χ3v) is 4.13. The molecule has 0 saturated carbocycles. The molecule has 3 rings (SSSR count). The van der Waals surface area contributed by atoms with Crippen LogP contribution in [0.3, 0.4) is 0 Å². The van der Waals surface area contributed by atoms with E-state index in [1.165, 1.54) is 6.07 Å². The number of benzene rings is 2. The number of halogens is 1. The van der Waals surface area contributed by atoms with Crippen molar-refractivity contribution in [3.05, 3.63) is 71.3 Å². The molecule has 144 valence electrons. The second kappa shape index (κ2) is 8.47. The predicted molar refractivity (Wildman–Crippen MR) is 107 cm³/mol. The molecule has 7 heteroatoms. The molecule has 1 heterocycles. The van der Waals surface area contributed by atoms with Crippen LogP contribution in [0.5, 0.6) is 0 Å².